The molecule has 0 bridgehead atoms. The Balaban J connectivity index is 1.62. The zero-order valence-corrected chi connectivity index (χ0v) is 13.6. The number of aromatic nitrogens is 4. The van der Waals surface area contributed by atoms with E-state index >= 15 is 0 Å². The van der Waals surface area contributed by atoms with E-state index in [2.05, 4.69) is 15.1 Å². The van der Waals surface area contributed by atoms with E-state index < -0.39 is 11.9 Å². The molecule has 0 aromatic carbocycles. The van der Waals surface area contributed by atoms with E-state index in [4.69, 9.17) is 0 Å². The first-order valence-corrected chi connectivity index (χ1v) is 7.79. The molecule has 1 fully saturated rings. The largest absolute Gasteiger partial charge is 0.433 e. The molecule has 8 nitrogen and oxygen atoms in total. The first-order chi connectivity index (χ1) is 12.3. The normalized spacial score (nSPS) is 15.2. The number of rotatable bonds is 3. The summed E-state index contributed by atoms with van der Waals surface area (Å²) in [6.45, 7) is 1.11. The topological polar surface area (TPSA) is 84.2 Å². The zero-order chi connectivity index (χ0) is 18.7. The molecular formula is C15H15F3N6O2. The lowest BCUT2D eigenvalue weighted by Gasteiger charge is -2.35. The Morgan fingerprint density at radius 1 is 1.15 bits per heavy atom. The van der Waals surface area contributed by atoms with Gasteiger partial charge >= 0.3 is 6.18 Å². The van der Waals surface area contributed by atoms with Gasteiger partial charge in [-0.1, -0.05) is 0 Å². The number of carbonyl (C=O) groups excluding carboxylic acids is 1. The van der Waals surface area contributed by atoms with Gasteiger partial charge in [-0.2, -0.15) is 18.3 Å². The van der Waals surface area contributed by atoms with Crippen molar-refractivity contribution < 1.29 is 18.0 Å². The lowest BCUT2D eigenvalue weighted by atomic mass is 10.3. The Labute approximate surface area is 145 Å². The molecule has 2 aromatic heterocycles. The van der Waals surface area contributed by atoms with Gasteiger partial charge in [0, 0.05) is 44.5 Å². The highest BCUT2D eigenvalue weighted by molar-refractivity contribution is 5.76. The summed E-state index contributed by atoms with van der Waals surface area (Å²) < 4.78 is 39.3. The first kappa shape index (κ1) is 17.8. The minimum absolute atomic E-state index is 0.167. The monoisotopic (exact) mass is 368 g/mol. The molecule has 0 aliphatic carbocycles. The molecule has 0 N–H and O–H groups in total. The van der Waals surface area contributed by atoms with Crippen molar-refractivity contribution in [2.75, 3.05) is 31.1 Å². The fourth-order valence-electron chi connectivity index (χ4n) is 2.59. The Kier molecular flexibility index (Phi) is 4.87. The third-order valence-electron chi connectivity index (χ3n) is 3.97. The second-order valence-electron chi connectivity index (χ2n) is 5.65. The third-order valence-corrected chi connectivity index (χ3v) is 3.97. The van der Waals surface area contributed by atoms with Gasteiger partial charge in [-0.15, -0.1) is 0 Å². The van der Waals surface area contributed by atoms with Crippen LogP contribution in [0.4, 0.5) is 19.0 Å². The van der Waals surface area contributed by atoms with Crippen LogP contribution in [0.25, 0.3) is 0 Å². The highest BCUT2D eigenvalue weighted by Gasteiger charge is 2.33. The van der Waals surface area contributed by atoms with Crippen molar-refractivity contribution in [1.82, 2.24) is 24.6 Å². The summed E-state index contributed by atoms with van der Waals surface area (Å²) in [6.07, 6.45) is -2.24. The minimum atomic E-state index is -4.54. The summed E-state index contributed by atoms with van der Waals surface area (Å²) in [5.74, 6) is -0.107. The van der Waals surface area contributed by atoms with Crippen LogP contribution in [0, 0.1) is 0 Å². The molecular weight excluding hydrogens is 353 g/mol. The lowest BCUT2D eigenvalue weighted by molar-refractivity contribution is -0.141. The Morgan fingerprint density at radius 2 is 1.88 bits per heavy atom. The van der Waals surface area contributed by atoms with Gasteiger partial charge in [-0.3, -0.25) is 9.59 Å². The van der Waals surface area contributed by atoms with Crippen LogP contribution >= 0.6 is 0 Å². The maximum absolute atomic E-state index is 12.7. The van der Waals surface area contributed by atoms with Crippen LogP contribution in [0.3, 0.4) is 0 Å². The van der Waals surface area contributed by atoms with Crippen molar-refractivity contribution in [3.8, 4) is 0 Å². The third kappa shape index (κ3) is 3.98. The first-order valence-electron chi connectivity index (χ1n) is 7.79. The molecule has 1 aliphatic rings. The summed E-state index contributed by atoms with van der Waals surface area (Å²) in [4.78, 5) is 34.2. The summed E-state index contributed by atoms with van der Waals surface area (Å²) in [5, 5.41) is 3.83. The number of anilines is 1. The lowest BCUT2D eigenvalue weighted by Crippen LogP contribution is -2.50. The van der Waals surface area contributed by atoms with Gasteiger partial charge in [0.1, 0.15) is 24.4 Å². The SMILES string of the molecule is O=C(Cn1ncccc1=O)N1CCN(c2cc(C(F)(F)F)ncn2)CC1. The standard InChI is InChI=1S/C15H15F3N6O2/c16-15(17,18)11-8-12(20-10-19-11)22-4-6-23(7-5-22)14(26)9-24-13(25)2-1-3-21-24/h1-3,8,10H,4-7,9H2. The van der Waals surface area contributed by atoms with Gasteiger partial charge in [0.2, 0.25) is 5.91 Å². The molecule has 1 amide bonds. The minimum Gasteiger partial charge on any atom is -0.353 e. The highest BCUT2D eigenvalue weighted by atomic mass is 19.4. The average Bonchev–Trinajstić information content (AvgIpc) is 2.63. The van der Waals surface area contributed by atoms with Crippen LogP contribution in [0.1, 0.15) is 5.69 Å². The van der Waals surface area contributed by atoms with Crippen LogP contribution < -0.4 is 10.5 Å². The number of hydrogen-bond donors (Lipinski definition) is 0. The summed E-state index contributed by atoms with van der Waals surface area (Å²) in [5.41, 5.74) is -1.38. The van der Waals surface area contributed by atoms with E-state index in [0.29, 0.717) is 26.2 Å². The molecule has 138 valence electrons. The van der Waals surface area contributed by atoms with Gasteiger partial charge in [-0.05, 0) is 6.07 Å². The highest BCUT2D eigenvalue weighted by Crippen LogP contribution is 2.29. The predicted molar refractivity (Wildman–Crippen MR) is 84.3 cm³/mol. The van der Waals surface area contributed by atoms with E-state index in [1.165, 1.54) is 18.3 Å². The van der Waals surface area contributed by atoms with Gasteiger partial charge in [-0.25, -0.2) is 14.6 Å². The number of carbonyl (C=O) groups is 1. The molecule has 0 unspecified atom stereocenters. The Hall–Kier alpha value is -2.98. The maximum atomic E-state index is 12.7. The van der Waals surface area contributed by atoms with E-state index in [0.717, 1.165) is 17.1 Å². The number of halogens is 3. The summed E-state index contributed by atoms with van der Waals surface area (Å²) in [7, 11) is 0. The number of amides is 1. The molecule has 0 saturated carbocycles. The van der Waals surface area contributed by atoms with Gasteiger partial charge in [0.25, 0.3) is 5.56 Å². The van der Waals surface area contributed by atoms with E-state index in [1.54, 1.807) is 9.80 Å². The molecule has 0 spiro atoms. The molecule has 11 heteroatoms. The molecule has 3 rings (SSSR count). The maximum Gasteiger partial charge on any atom is 0.433 e. The summed E-state index contributed by atoms with van der Waals surface area (Å²) in [6, 6.07) is 3.69. The Morgan fingerprint density at radius 3 is 2.54 bits per heavy atom. The van der Waals surface area contributed by atoms with Crippen LogP contribution in [0.2, 0.25) is 0 Å². The average molecular weight is 368 g/mol. The Bertz CT molecular complexity index is 846. The molecule has 26 heavy (non-hydrogen) atoms. The predicted octanol–water partition coefficient (Wildman–Crippen LogP) is 0.401. The van der Waals surface area contributed by atoms with E-state index in [9.17, 15) is 22.8 Å². The smallest absolute Gasteiger partial charge is 0.353 e. The van der Waals surface area contributed by atoms with Crippen molar-refractivity contribution in [1.29, 1.82) is 0 Å². The van der Waals surface area contributed by atoms with Gasteiger partial charge in [0.05, 0.1) is 0 Å². The van der Waals surface area contributed by atoms with Crippen molar-refractivity contribution >= 4 is 11.7 Å². The van der Waals surface area contributed by atoms with E-state index in [-0.39, 0.29) is 23.8 Å². The molecule has 0 atom stereocenters. The van der Waals surface area contributed by atoms with Gasteiger partial charge < -0.3 is 9.80 Å². The quantitative estimate of drug-likeness (QED) is 0.780. The van der Waals surface area contributed by atoms with Crippen LogP contribution in [-0.4, -0.2) is 56.7 Å². The molecule has 2 aromatic rings. The second-order valence-corrected chi connectivity index (χ2v) is 5.65. The van der Waals surface area contributed by atoms with Crippen LogP contribution in [0.5, 0.6) is 0 Å². The zero-order valence-electron chi connectivity index (χ0n) is 13.6. The number of hydrogen-bond acceptors (Lipinski definition) is 6. The van der Waals surface area contributed by atoms with E-state index in [1.807, 2.05) is 0 Å². The van der Waals surface area contributed by atoms with Crippen molar-refractivity contribution in [3.63, 3.8) is 0 Å². The number of nitrogens with zero attached hydrogens (tertiary/aromatic N) is 6. The fourth-order valence-corrected chi connectivity index (χ4v) is 2.59. The van der Waals surface area contributed by atoms with Gasteiger partial charge in [0.15, 0.2) is 0 Å². The number of piperazine rings is 1. The molecule has 1 saturated heterocycles. The summed E-state index contributed by atoms with van der Waals surface area (Å²) >= 11 is 0. The van der Waals surface area contributed by atoms with Crippen molar-refractivity contribution in [2.45, 2.75) is 12.7 Å². The van der Waals surface area contributed by atoms with Crippen LogP contribution in [-0.2, 0) is 17.5 Å². The van der Waals surface area contributed by atoms with Crippen molar-refractivity contribution in [2.24, 2.45) is 0 Å². The fraction of sp³-hybridized carbons (Fsp3) is 0.400. The number of alkyl halides is 3. The molecule has 1 aliphatic heterocycles. The molecule has 3 heterocycles. The van der Waals surface area contributed by atoms with Crippen molar-refractivity contribution in [3.05, 3.63) is 46.8 Å². The second kappa shape index (κ2) is 7.10. The van der Waals surface area contributed by atoms with Crippen LogP contribution in [0.15, 0.2) is 35.5 Å². The molecule has 0 radical (unpaired) electrons.